The van der Waals surface area contributed by atoms with Crippen molar-refractivity contribution in [2.24, 2.45) is 0 Å². The van der Waals surface area contributed by atoms with E-state index in [4.69, 9.17) is 13.9 Å². The SMILES string of the molecule is O=C(c1ccc2c(c1)OCO2)N1CCn2cccc2[C@@H]1c1ccoc1. The third-order valence-corrected chi connectivity index (χ3v) is 4.78. The van der Waals surface area contributed by atoms with Crippen molar-refractivity contribution in [1.29, 1.82) is 0 Å². The van der Waals surface area contributed by atoms with E-state index in [1.807, 2.05) is 23.2 Å². The first-order valence-corrected chi connectivity index (χ1v) is 8.19. The lowest BCUT2D eigenvalue weighted by molar-refractivity contribution is 0.0663. The molecule has 0 fully saturated rings. The highest BCUT2D eigenvalue weighted by Crippen LogP contribution is 2.36. The van der Waals surface area contributed by atoms with Gasteiger partial charge < -0.3 is 23.4 Å². The molecule has 0 unspecified atom stereocenters. The fourth-order valence-corrected chi connectivity index (χ4v) is 3.58. The van der Waals surface area contributed by atoms with Crippen LogP contribution in [0.25, 0.3) is 0 Å². The Morgan fingerprint density at radius 2 is 2.00 bits per heavy atom. The van der Waals surface area contributed by atoms with Gasteiger partial charge >= 0.3 is 0 Å². The molecule has 0 radical (unpaired) electrons. The molecule has 5 rings (SSSR count). The van der Waals surface area contributed by atoms with Gasteiger partial charge in [0.1, 0.15) is 6.04 Å². The van der Waals surface area contributed by atoms with E-state index in [-0.39, 0.29) is 18.7 Å². The summed E-state index contributed by atoms with van der Waals surface area (Å²) in [7, 11) is 0. The summed E-state index contributed by atoms with van der Waals surface area (Å²) in [5, 5.41) is 0. The van der Waals surface area contributed by atoms with Crippen molar-refractivity contribution < 1.29 is 18.7 Å². The van der Waals surface area contributed by atoms with E-state index in [1.54, 1.807) is 30.7 Å². The molecule has 0 bridgehead atoms. The van der Waals surface area contributed by atoms with Gasteiger partial charge in [0, 0.05) is 36.1 Å². The smallest absolute Gasteiger partial charge is 0.254 e. The molecular formula is C19H16N2O4. The second-order valence-electron chi connectivity index (χ2n) is 6.15. The third kappa shape index (κ3) is 2.21. The highest BCUT2D eigenvalue weighted by atomic mass is 16.7. The maximum absolute atomic E-state index is 13.2. The van der Waals surface area contributed by atoms with Gasteiger partial charge in [-0.2, -0.15) is 0 Å². The largest absolute Gasteiger partial charge is 0.472 e. The third-order valence-electron chi connectivity index (χ3n) is 4.78. The Morgan fingerprint density at radius 1 is 1.08 bits per heavy atom. The number of carbonyl (C=O) groups is 1. The minimum atomic E-state index is -0.166. The van der Waals surface area contributed by atoms with E-state index in [0.717, 1.165) is 17.8 Å². The topological polar surface area (TPSA) is 56.8 Å². The summed E-state index contributed by atoms with van der Waals surface area (Å²) in [4.78, 5) is 15.1. The molecule has 4 heterocycles. The second-order valence-corrected chi connectivity index (χ2v) is 6.15. The van der Waals surface area contributed by atoms with Gasteiger partial charge in [-0.05, 0) is 36.4 Å². The molecular weight excluding hydrogens is 320 g/mol. The Labute approximate surface area is 144 Å². The molecule has 3 aromatic rings. The van der Waals surface area contributed by atoms with Crippen molar-refractivity contribution in [3.8, 4) is 11.5 Å². The number of rotatable bonds is 2. The fourth-order valence-electron chi connectivity index (χ4n) is 3.58. The van der Waals surface area contributed by atoms with Crippen LogP contribution in [0.15, 0.2) is 59.5 Å². The van der Waals surface area contributed by atoms with Gasteiger partial charge in [-0.25, -0.2) is 0 Å². The molecule has 6 nitrogen and oxygen atoms in total. The molecule has 1 aromatic carbocycles. The van der Waals surface area contributed by atoms with E-state index in [9.17, 15) is 4.79 Å². The zero-order valence-corrected chi connectivity index (χ0v) is 13.4. The van der Waals surface area contributed by atoms with Gasteiger partial charge in [0.15, 0.2) is 11.5 Å². The number of carbonyl (C=O) groups excluding carboxylic acids is 1. The zero-order valence-electron chi connectivity index (χ0n) is 13.4. The van der Waals surface area contributed by atoms with Crippen molar-refractivity contribution in [3.63, 3.8) is 0 Å². The van der Waals surface area contributed by atoms with Crippen LogP contribution in [-0.2, 0) is 6.54 Å². The molecule has 0 saturated carbocycles. The van der Waals surface area contributed by atoms with Gasteiger partial charge in [0.25, 0.3) is 5.91 Å². The number of nitrogens with zero attached hydrogens (tertiary/aromatic N) is 2. The summed E-state index contributed by atoms with van der Waals surface area (Å²) >= 11 is 0. The van der Waals surface area contributed by atoms with Gasteiger partial charge in [0.05, 0.1) is 12.5 Å². The number of furan rings is 1. The monoisotopic (exact) mass is 336 g/mol. The van der Waals surface area contributed by atoms with Crippen LogP contribution in [0, 0.1) is 0 Å². The molecule has 126 valence electrons. The van der Waals surface area contributed by atoms with Crippen molar-refractivity contribution in [3.05, 3.63) is 71.9 Å². The van der Waals surface area contributed by atoms with E-state index in [0.29, 0.717) is 23.6 Å². The van der Waals surface area contributed by atoms with E-state index in [2.05, 4.69) is 10.6 Å². The van der Waals surface area contributed by atoms with Crippen LogP contribution in [0.5, 0.6) is 11.5 Å². The summed E-state index contributed by atoms with van der Waals surface area (Å²) in [6.45, 7) is 1.60. The average Bonchev–Trinajstić information content (AvgIpc) is 3.40. The molecule has 0 aliphatic carbocycles. The minimum absolute atomic E-state index is 0.0306. The van der Waals surface area contributed by atoms with Gasteiger partial charge in [0.2, 0.25) is 6.79 Å². The van der Waals surface area contributed by atoms with Crippen LogP contribution >= 0.6 is 0 Å². The highest BCUT2D eigenvalue weighted by Gasteiger charge is 2.33. The first kappa shape index (κ1) is 14.2. The maximum Gasteiger partial charge on any atom is 0.254 e. The minimum Gasteiger partial charge on any atom is -0.472 e. The van der Waals surface area contributed by atoms with Crippen molar-refractivity contribution in [1.82, 2.24) is 9.47 Å². The molecule has 2 aliphatic heterocycles. The Kier molecular flexibility index (Phi) is 3.09. The number of ether oxygens (including phenoxy) is 2. The predicted molar refractivity (Wildman–Crippen MR) is 88.6 cm³/mol. The molecule has 0 N–H and O–H groups in total. The quantitative estimate of drug-likeness (QED) is 0.722. The van der Waals surface area contributed by atoms with Crippen molar-refractivity contribution in [2.45, 2.75) is 12.6 Å². The standard InChI is InChI=1S/C19H16N2O4/c22-19(13-3-4-16-17(10-13)25-12-24-16)21-8-7-20-6-1-2-15(20)18(21)14-5-9-23-11-14/h1-6,9-11,18H,7-8,12H2/t18-/m0/s1. The summed E-state index contributed by atoms with van der Waals surface area (Å²) < 4.78 is 18.2. The molecule has 2 aliphatic rings. The number of hydrogen-bond donors (Lipinski definition) is 0. The number of amides is 1. The van der Waals surface area contributed by atoms with Crippen LogP contribution in [0.4, 0.5) is 0 Å². The number of fused-ring (bicyclic) bond motifs is 2. The second kappa shape index (κ2) is 5.44. The van der Waals surface area contributed by atoms with Crippen LogP contribution < -0.4 is 9.47 Å². The van der Waals surface area contributed by atoms with E-state index < -0.39 is 0 Å². The summed E-state index contributed by atoms with van der Waals surface area (Å²) in [5.74, 6) is 1.26. The number of hydrogen-bond acceptors (Lipinski definition) is 4. The zero-order chi connectivity index (χ0) is 16.8. The lowest BCUT2D eigenvalue weighted by atomic mass is 10.0. The first-order chi connectivity index (χ1) is 12.3. The predicted octanol–water partition coefficient (Wildman–Crippen LogP) is 3.06. The van der Waals surface area contributed by atoms with Crippen LogP contribution in [0.3, 0.4) is 0 Å². The van der Waals surface area contributed by atoms with Gasteiger partial charge in [-0.1, -0.05) is 0 Å². The van der Waals surface area contributed by atoms with Gasteiger partial charge in [-0.3, -0.25) is 4.79 Å². The molecule has 2 aromatic heterocycles. The number of benzene rings is 1. The highest BCUT2D eigenvalue weighted by molar-refractivity contribution is 5.95. The molecule has 1 amide bonds. The van der Waals surface area contributed by atoms with Gasteiger partial charge in [-0.15, -0.1) is 0 Å². The molecule has 25 heavy (non-hydrogen) atoms. The van der Waals surface area contributed by atoms with Crippen molar-refractivity contribution in [2.75, 3.05) is 13.3 Å². The molecule has 1 atom stereocenters. The molecule has 0 spiro atoms. The Balaban J connectivity index is 1.55. The Bertz CT molecular complexity index is 929. The lowest BCUT2D eigenvalue weighted by Crippen LogP contribution is -2.42. The van der Waals surface area contributed by atoms with Crippen LogP contribution in [0.1, 0.15) is 27.7 Å². The Morgan fingerprint density at radius 3 is 2.88 bits per heavy atom. The summed E-state index contributed by atoms with van der Waals surface area (Å²) in [5.41, 5.74) is 2.65. The normalized spacial score (nSPS) is 18.2. The molecule has 6 heteroatoms. The maximum atomic E-state index is 13.2. The van der Waals surface area contributed by atoms with E-state index in [1.165, 1.54) is 0 Å². The molecule has 0 saturated heterocycles. The summed E-state index contributed by atoms with van der Waals surface area (Å²) in [6, 6.07) is 11.1. The van der Waals surface area contributed by atoms with Crippen molar-refractivity contribution >= 4 is 5.91 Å². The van der Waals surface area contributed by atoms with E-state index >= 15 is 0 Å². The Hall–Kier alpha value is -3.15. The first-order valence-electron chi connectivity index (χ1n) is 8.19. The fraction of sp³-hybridized carbons (Fsp3) is 0.211. The average molecular weight is 336 g/mol. The number of aromatic nitrogens is 1. The summed E-state index contributed by atoms with van der Waals surface area (Å²) in [6.07, 6.45) is 5.39. The van der Waals surface area contributed by atoms with Crippen LogP contribution in [-0.4, -0.2) is 28.7 Å². The lowest BCUT2D eigenvalue weighted by Gasteiger charge is -2.36. The van der Waals surface area contributed by atoms with Crippen LogP contribution in [0.2, 0.25) is 0 Å².